The third-order valence-corrected chi connectivity index (χ3v) is 4.86. The molecule has 0 saturated heterocycles. The maximum absolute atomic E-state index is 13.6. The molecule has 1 aliphatic rings. The molecule has 0 radical (unpaired) electrons. The van der Waals surface area contributed by atoms with Gasteiger partial charge in [0.1, 0.15) is 11.3 Å². The highest BCUT2D eigenvalue weighted by molar-refractivity contribution is 5.76. The molecule has 0 spiro atoms. The average Bonchev–Trinajstić information content (AvgIpc) is 2.63. The van der Waals surface area contributed by atoms with E-state index in [4.69, 9.17) is 0 Å². The van der Waals surface area contributed by atoms with E-state index in [1.165, 1.54) is 6.07 Å². The maximum atomic E-state index is 13.6. The first-order chi connectivity index (χ1) is 8.26. The van der Waals surface area contributed by atoms with Crippen LogP contribution in [-0.4, -0.2) is 9.97 Å². The molecule has 1 N–H and O–H groups in total. The molecule has 2 aromatic rings. The number of H-pyrrole nitrogens is 1. The standard InChI is InChI=1S/C14H16F2N2/c1-13(2)11(14(13,3)4)12-17-8-6-5-7(15)9(16)10(8)18-12/h5-6,11H,1-4H3,(H,17,18). The lowest BCUT2D eigenvalue weighted by atomic mass is 10.0. The van der Waals surface area contributed by atoms with Gasteiger partial charge in [0.15, 0.2) is 11.6 Å². The van der Waals surface area contributed by atoms with Gasteiger partial charge in [-0.05, 0) is 23.0 Å². The molecular weight excluding hydrogens is 234 g/mol. The Balaban J connectivity index is 2.14. The van der Waals surface area contributed by atoms with Crippen molar-refractivity contribution in [2.24, 2.45) is 10.8 Å². The molecule has 0 atom stereocenters. The van der Waals surface area contributed by atoms with Crippen LogP contribution in [0.3, 0.4) is 0 Å². The first kappa shape index (κ1) is 11.6. The van der Waals surface area contributed by atoms with Crippen LogP contribution in [0.15, 0.2) is 12.1 Å². The Hall–Kier alpha value is -1.45. The van der Waals surface area contributed by atoms with Crippen LogP contribution >= 0.6 is 0 Å². The zero-order valence-corrected chi connectivity index (χ0v) is 10.9. The lowest BCUT2D eigenvalue weighted by Crippen LogP contribution is -1.95. The van der Waals surface area contributed by atoms with E-state index in [1.54, 1.807) is 0 Å². The molecule has 0 bridgehead atoms. The SMILES string of the molecule is CC1(C)C(c2nc3c(F)c(F)ccc3[nH]2)C1(C)C. The summed E-state index contributed by atoms with van der Waals surface area (Å²) in [7, 11) is 0. The van der Waals surface area contributed by atoms with E-state index in [2.05, 4.69) is 37.7 Å². The van der Waals surface area contributed by atoms with Crippen molar-refractivity contribution >= 4 is 11.0 Å². The van der Waals surface area contributed by atoms with Gasteiger partial charge in [0, 0.05) is 5.92 Å². The van der Waals surface area contributed by atoms with Crippen LogP contribution in [0.1, 0.15) is 39.4 Å². The van der Waals surface area contributed by atoms with Gasteiger partial charge in [-0.25, -0.2) is 13.8 Å². The second-order valence-corrected chi connectivity index (χ2v) is 6.26. The maximum Gasteiger partial charge on any atom is 0.186 e. The molecule has 18 heavy (non-hydrogen) atoms. The van der Waals surface area contributed by atoms with E-state index in [0.717, 1.165) is 11.9 Å². The molecular formula is C14H16F2N2. The number of imidazole rings is 1. The molecule has 1 saturated carbocycles. The molecule has 1 aliphatic carbocycles. The predicted molar refractivity (Wildman–Crippen MR) is 66.3 cm³/mol. The molecule has 4 heteroatoms. The Labute approximate surface area is 104 Å². The molecule has 0 aliphatic heterocycles. The van der Waals surface area contributed by atoms with Crippen LogP contribution in [0.2, 0.25) is 0 Å². The van der Waals surface area contributed by atoms with E-state index >= 15 is 0 Å². The van der Waals surface area contributed by atoms with Gasteiger partial charge in [0.25, 0.3) is 0 Å². The van der Waals surface area contributed by atoms with Crippen molar-refractivity contribution in [1.29, 1.82) is 0 Å². The van der Waals surface area contributed by atoms with Crippen molar-refractivity contribution in [3.8, 4) is 0 Å². The highest BCUT2D eigenvalue weighted by atomic mass is 19.2. The van der Waals surface area contributed by atoms with Gasteiger partial charge in [-0.15, -0.1) is 0 Å². The molecule has 1 aromatic carbocycles. The van der Waals surface area contributed by atoms with E-state index in [-0.39, 0.29) is 22.3 Å². The molecule has 3 rings (SSSR count). The van der Waals surface area contributed by atoms with Gasteiger partial charge >= 0.3 is 0 Å². The van der Waals surface area contributed by atoms with Crippen LogP contribution in [0.5, 0.6) is 0 Å². The number of hydrogen-bond acceptors (Lipinski definition) is 1. The second-order valence-electron chi connectivity index (χ2n) is 6.26. The van der Waals surface area contributed by atoms with Gasteiger partial charge in [0.05, 0.1) is 5.52 Å². The molecule has 2 nitrogen and oxygen atoms in total. The summed E-state index contributed by atoms with van der Waals surface area (Å²) in [5.41, 5.74) is 0.900. The van der Waals surface area contributed by atoms with Crippen molar-refractivity contribution in [3.63, 3.8) is 0 Å². The number of rotatable bonds is 1. The fourth-order valence-electron chi connectivity index (χ4n) is 3.05. The number of benzene rings is 1. The molecule has 1 aromatic heterocycles. The van der Waals surface area contributed by atoms with Crippen molar-refractivity contribution in [3.05, 3.63) is 29.6 Å². The highest BCUT2D eigenvalue weighted by Crippen LogP contribution is 2.73. The monoisotopic (exact) mass is 250 g/mol. The lowest BCUT2D eigenvalue weighted by Gasteiger charge is -2.03. The summed E-state index contributed by atoms with van der Waals surface area (Å²) in [5.74, 6) is -0.717. The largest absolute Gasteiger partial charge is 0.342 e. The number of nitrogens with zero attached hydrogens (tertiary/aromatic N) is 1. The number of fused-ring (bicyclic) bond motifs is 1. The summed E-state index contributed by atoms with van der Waals surface area (Å²) in [4.78, 5) is 7.37. The van der Waals surface area contributed by atoms with E-state index < -0.39 is 11.6 Å². The minimum atomic E-state index is -0.869. The fraction of sp³-hybridized carbons (Fsp3) is 0.500. The second kappa shape index (κ2) is 3.11. The van der Waals surface area contributed by atoms with Gasteiger partial charge in [-0.2, -0.15) is 0 Å². The smallest absolute Gasteiger partial charge is 0.186 e. The summed E-state index contributed by atoms with van der Waals surface area (Å²) in [6.45, 7) is 8.67. The third kappa shape index (κ3) is 1.23. The predicted octanol–water partition coefficient (Wildman–Crippen LogP) is 3.99. The van der Waals surface area contributed by atoms with Crippen LogP contribution in [0.25, 0.3) is 11.0 Å². The number of hydrogen-bond donors (Lipinski definition) is 1. The number of nitrogens with one attached hydrogen (secondary N) is 1. The van der Waals surface area contributed by atoms with Crippen LogP contribution in [0.4, 0.5) is 8.78 Å². The fourth-order valence-corrected chi connectivity index (χ4v) is 3.05. The molecule has 1 heterocycles. The van der Waals surface area contributed by atoms with Crippen LogP contribution in [0, 0.1) is 22.5 Å². The van der Waals surface area contributed by atoms with Crippen LogP contribution < -0.4 is 0 Å². The number of halogens is 2. The topological polar surface area (TPSA) is 28.7 Å². The lowest BCUT2D eigenvalue weighted by molar-refractivity contribution is 0.457. The van der Waals surface area contributed by atoms with Gasteiger partial charge in [-0.1, -0.05) is 27.7 Å². The summed E-state index contributed by atoms with van der Waals surface area (Å²) in [6.07, 6.45) is 0. The molecule has 96 valence electrons. The van der Waals surface area contributed by atoms with Gasteiger partial charge in [-0.3, -0.25) is 0 Å². The van der Waals surface area contributed by atoms with Gasteiger partial charge in [0.2, 0.25) is 0 Å². The summed E-state index contributed by atoms with van der Waals surface area (Å²) < 4.78 is 26.8. The van der Waals surface area contributed by atoms with Crippen molar-refractivity contribution in [1.82, 2.24) is 9.97 Å². The number of aromatic nitrogens is 2. The normalized spacial score (nSPS) is 21.4. The summed E-state index contributed by atoms with van der Waals surface area (Å²) in [5, 5.41) is 0. The Morgan fingerprint density at radius 2 is 1.72 bits per heavy atom. The van der Waals surface area contributed by atoms with Crippen molar-refractivity contribution in [2.45, 2.75) is 33.6 Å². The minimum absolute atomic E-state index is 0.100. The van der Waals surface area contributed by atoms with E-state index in [0.29, 0.717) is 5.52 Å². The first-order valence-electron chi connectivity index (χ1n) is 6.10. The average molecular weight is 250 g/mol. The van der Waals surface area contributed by atoms with E-state index in [1.807, 2.05) is 0 Å². The first-order valence-corrected chi connectivity index (χ1v) is 6.10. The Morgan fingerprint density at radius 3 is 2.28 bits per heavy atom. The highest BCUT2D eigenvalue weighted by Gasteiger charge is 2.66. The quantitative estimate of drug-likeness (QED) is 0.814. The Morgan fingerprint density at radius 1 is 1.11 bits per heavy atom. The summed E-state index contributed by atoms with van der Waals surface area (Å²) >= 11 is 0. The van der Waals surface area contributed by atoms with Crippen molar-refractivity contribution in [2.75, 3.05) is 0 Å². The minimum Gasteiger partial charge on any atom is -0.342 e. The number of aromatic amines is 1. The Bertz CT molecular complexity index is 627. The zero-order valence-electron chi connectivity index (χ0n) is 10.9. The zero-order chi connectivity index (χ0) is 13.3. The van der Waals surface area contributed by atoms with Crippen LogP contribution in [-0.2, 0) is 0 Å². The summed E-state index contributed by atoms with van der Waals surface area (Å²) in [6, 6.07) is 2.66. The third-order valence-electron chi connectivity index (χ3n) is 4.86. The molecule has 1 fully saturated rings. The Kier molecular flexibility index (Phi) is 2.01. The van der Waals surface area contributed by atoms with E-state index in [9.17, 15) is 8.78 Å². The molecule has 0 amide bonds. The van der Waals surface area contributed by atoms with Gasteiger partial charge < -0.3 is 4.98 Å². The van der Waals surface area contributed by atoms with Crippen molar-refractivity contribution < 1.29 is 8.78 Å². The molecule has 0 unspecified atom stereocenters.